The molecule has 1 saturated carbocycles. The first-order valence-electron chi connectivity index (χ1n) is 3.67. The highest BCUT2D eigenvalue weighted by Crippen LogP contribution is 2.35. The van der Waals surface area contributed by atoms with Crippen LogP contribution in [0.4, 0.5) is 0 Å². The number of rotatable bonds is 2. The SMILES string of the molecule is C=C1CCC(C(=O)O)C1C(=O)O. The molecule has 0 saturated heterocycles. The summed E-state index contributed by atoms with van der Waals surface area (Å²) in [6.45, 7) is 3.55. The van der Waals surface area contributed by atoms with Gasteiger partial charge in [0.25, 0.3) is 0 Å². The van der Waals surface area contributed by atoms with E-state index in [2.05, 4.69) is 6.58 Å². The van der Waals surface area contributed by atoms with Crippen LogP contribution >= 0.6 is 0 Å². The third-order valence-corrected chi connectivity index (χ3v) is 2.20. The van der Waals surface area contributed by atoms with E-state index in [0.717, 1.165) is 0 Å². The summed E-state index contributed by atoms with van der Waals surface area (Å²) >= 11 is 0. The number of carbonyl (C=O) groups is 2. The van der Waals surface area contributed by atoms with E-state index in [-0.39, 0.29) is 0 Å². The fraction of sp³-hybridized carbons (Fsp3) is 0.500. The van der Waals surface area contributed by atoms with Crippen molar-refractivity contribution in [1.82, 2.24) is 0 Å². The summed E-state index contributed by atoms with van der Waals surface area (Å²) in [5.74, 6) is -3.79. The van der Waals surface area contributed by atoms with Crippen LogP contribution in [0, 0.1) is 11.8 Å². The highest BCUT2D eigenvalue weighted by Gasteiger charge is 2.40. The molecule has 2 N–H and O–H groups in total. The molecular weight excluding hydrogens is 160 g/mol. The zero-order valence-electron chi connectivity index (χ0n) is 6.49. The molecular formula is C8H10O4. The molecule has 1 fully saturated rings. The van der Waals surface area contributed by atoms with Crippen LogP contribution in [0.15, 0.2) is 12.2 Å². The Balaban J connectivity index is 2.84. The lowest BCUT2D eigenvalue weighted by molar-refractivity contribution is -0.151. The van der Waals surface area contributed by atoms with Crippen molar-refractivity contribution < 1.29 is 19.8 Å². The van der Waals surface area contributed by atoms with Crippen LogP contribution in [0.5, 0.6) is 0 Å². The first kappa shape index (κ1) is 8.77. The van der Waals surface area contributed by atoms with Gasteiger partial charge in [-0.2, -0.15) is 0 Å². The van der Waals surface area contributed by atoms with Gasteiger partial charge in [0.1, 0.15) is 0 Å². The monoisotopic (exact) mass is 170 g/mol. The van der Waals surface area contributed by atoms with E-state index in [1.165, 1.54) is 0 Å². The molecule has 2 unspecified atom stereocenters. The maximum Gasteiger partial charge on any atom is 0.311 e. The summed E-state index contributed by atoms with van der Waals surface area (Å²) < 4.78 is 0. The molecule has 0 heterocycles. The van der Waals surface area contributed by atoms with E-state index in [1.807, 2.05) is 0 Å². The van der Waals surface area contributed by atoms with Crippen LogP contribution in [0.2, 0.25) is 0 Å². The van der Waals surface area contributed by atoms with Crippen LogP contribution in [-0.4, -0.2) is 22.2 Å². The fourth-order valence-electron chi connectivity index (χ4n) is 1.56. The molecule has 0 amide bonds. The van der Waals surface area contributed by atoms with Gasteiger partial charge in [0.2, 0.25) is 0 Å². The minimum absolute atomic E-state index is 0.394. The van der Waals surface area contributed by atoms with Gasteiger partial charge in [-0.1, -0.05) is 12.2 Å². The van der Waals surface area contributed by atoms with Gasteiger partial charge >= 0.3 is 11.9 Å². The Morgan fingerprint density at radius 3 is 2.25 bits per heavy atom. The molecule has 0 aromatic carbocycles. The standard InChI is InChI=1S/C8H10O4/c1-4-2-3-5(7(9)10)6(4)8(11)12/h5-6H,1-3H2,(H,9,10)(H,11,12). The van der Waals surface area contributed by atoms with Gasteiger partial charge in [0, 0.05) is 0 Å². The van der Waals surface area contributed by atoms with E-state index in [1.54, 1.807) is 0 Å². The Kier molecular flexibility index (Phi) is 2.17. The van der Waals surface area contributed by atoms with Crippen molar-refractivity contribution in [3.8, 4) is 0 Å². The van der Waals surface area contributed by atoms with Crippen molar-refractivity contribution in [1.29, 1.82) is 0 Å². The zero-order valence-corrected chi connectivity index (χ0v) is 6.49. The van der Waals surface area contributed by atoms with Gasteiger partial charge in [-0.25, -0.2) is 0 Å². The van der Waals surface area contributed by atoms with Crippen LogP contribution in [0.3, 0.4) is 0 Å². The second-order valence-electron chi connectivity index (χ2n) is 2.96. The lowest BCUT2D eigenvalue weighted by Crippen LogP contribution is -2.25. The van der Waals surface area contributed by atoms with Crippen molar-refractivity contribution in [2.45, 2.75) is 12.8 Å². The molecule has 0 spiro atoms. The van der Waals surface area contributed by atoms with Gasteiger partial charge in [0.15, 0.2) is 0 Å². The predicted octanol–water partition coefficient (Wildman–Crippen LogP) is 0.738. The Labute approximate surface area is 69.5 Å². The summed E-state index contributed by atoms with van der Waals surface area (Å²) in [5, 5.41) is 17.3. The maximum atomic E-state index is 10.6. The molecule has 12 heavy (non-hydrogen) atoms. The predicted molar refractivity (Wildman–Crippen MR) is 40.6 cm³/mol. The second kappa shape index (κ2) is 2.97. The molecule has 2 atom stereocenters. The minimum Gasteiger partial charge on any atom is -0.481 e. The van der Waals surface area contributed by atoms with Crippen molar-refractivity contribution >= 4 is 11.9 Å². The van der Waals surface area contributed by atoms with Crippen molar-refractivity contribution in [2.24, 2.45) is 11.8 Å². The van der Waals surface area contributed by atoms with Crippen molar-refractivity contribution in [2.75, 3.05) is 0 Å². The van der Waals surface area contributed by atoms with Crippen molar-refractivity contribution in [3.05, 3.63) is 12.2 Å². The van der Waals surface area contributed by atoms with E-state index in [0.29, 0.717) is 18.4 Å². The summed E-state index contributed by atoms with van der Waals surface area (Å²) in [6, 6.07) is 0. The molecule has 0 radical (unpaired) electrons. The van der Waals surface area contributed by atoms with Gasteiger partial charge < -0.3 is 10.2 Å². The number of carboxylic acid groups (broad SMARTS) is 2. The Bertz CT molecular complexity index is 243. The third kappa shape index (κ3) is 1.32. The maximum absolute atomic E-state index is 10.6. The molecule has 0 aromatic heterocycles. The number of carboxylic acids is 2. The van der Waals surface area contributed by atoms with E-state index in [4.69, 9.17) is 10.2 Å². The average Bonchev–Trinajstić information content (AvgIpc) is 2.30. The minimum atomic E-state index is -1.08. The molecule has 4 heteroatoms. The Hall–Kier alpha value is -1.32. The van der Waals surface area contributed by atoms with E-state index < -0.39 is 23.8 Å². The van der Waals surface area contributed by atoms with E-state index in [9.17, 15) is 9.59 Å². The lowest BCUT2D eigenvalue weighted by Gasteiger charge is -2.10. The molecule has 1 aliphatic carbocycles. The third-order valence-electron chi connectivity index (χ3n) is 2.20. The Morgan fingerprint density at radius 1 is 1.33 bits per heavy atom. The second-order valence-corrected chi connectivity index (χ2v) is 2.96. The molecule has 1 rings (SSSR count). The van der Waals surface area contributed by atoms with Gasteiger partial charge in [-0.3, -0.25) is 9.59 Å². The molecule has 0 aliphatic heterocycles. The van der Waals surface area contributed by atoms with Gasteiger partial charge in [-0.05, 0) is 12.8 Å². The summed E-state index contributed by atoms with van der Waals surface area (Å²) in [6.07, 6.45) is 0.902. The van der Waals surface area contributed by atoms with Crippen LogP contribution in [-0.2, 0) is 9.59 Å². The quantitative estimate of drug-likeness (QED) is 0.599. The molecule has 4 nitrogen and oxygen atoms in total. The van der Waals surface area contributed by atoms with E-state index >= 15 is 0 Å². The molecule has 0 aromatic rings. The average molecular weight is 170 g/mol. The topological polar surface area (TPSA) is 74.6 Å². The lowest BCUT2D eigenvalue weighted by atomic mass is 9.94. The van der Waals surface area contributed by atoms with Crippen LogP contribution < -0.4 is 0 Å². The largest absolute Gasteiger partial charge is 0.481 e. The molecule has 1 aliphatic rings. The van der Waals surface area contributed by atoms with Crippen LogP contribution in [0.1, 0.15) is 12.8 Å². The normalized spacial score (nSPS) is 28.8. The molecule has 0 bridgehead atoms. The highest BCUT2D eigenvalue weighted by molar-refractivity contribution is 5.83. The first-order chi connectivity index (χ1) is 5.54. The zero-order chi connectivity index (χ0) is 9.30. The summed E-state index contributed by atoms with van der Waals surface area (Å²) in [4.78, 5) is 21.2. The van der Waals surface area contributed by atoms with Crippen molar-refractivity contribution in [3.63, 3.8) is 0 Å². The molecule has 66 valence electrons. The summed E-state index contributed by atoms with van der Waals surface area (Å²) in [5.41, 5.74) is 0.523. The van der Waals surface area contributed by atoms with Gasteiger partial charge in [0.05, 0.1) is 11.8 Å². The smallest absolute Gasteiger partial charge is 0.311 e. The summed E-state index contributed by atoms with van der Waals surface area (Å²) in [7, 11) is 0. The van der Waals surface area contributed by atoms with Crippen LogP contribution in [0.25, 0.3) is 0 Å². The highest BCUT2D eigenvalue weighted by atomic mass is 16.4. The Morgan fingerprint density at radius 2 is 1.92 bits per heavy atom. The fourth-order valence-corrected chi connectivity index (χ4v) is 1.56. The number of hydrogen-bond donors (Lipinski definition) is 2. The first-order valence-corrected chi connectivity index (χ1v) is 3.67. The number of hydrogen-bond acceptors (Lipinski definition) is 2. The number of aliphatic carboxylic acids is 2. The van der Waals surface area contributed by atoms with Gasteiger partial charge in [-0.15, -0.1) is 0 Å².